The molecule has 1 aliphatic rings. The Labute approximate surface area is 107 Å². The van der Waals surface area contributed by atoms with Gasteiger partial charge in [-0.15, -0.1) is 0 Å². The lowest BCUT2D eigenvalue weighted by Crippen LogP contribution is -2.02. The number of benzene rings is 1. The molecule has 0 saturated carbocycles. The van der Waals surface area contributed by atoms with E-state index in [1.54, 1.807) is 0 Å². The molecule has 3 nitrogen and oxygen atoms in total. The highest BCUT2D eigenvalue weighted by molar-refractivity contribution is 5.53. The molecule has 1 aromatic heterocycles. The van der Waals surface area contributed by atoms with Crippen molar-refractivity contribution in [3.05, 3.63) is 47.8 Å². The van der Waals surface area contributed by atoms with Crippen LogP contribution in [0.1, 0.15) is 36.9 Å². The Morgan fingerprint density at radius 2 is 2.11 bits per heavy atom. The fraction of sp³-hybridized carbons (Fsp3) is 0.333. The van der Waals surface area contributed by atoms with Gasteiger partial charge < -0.3 is 5.32 Å². The van der Waals surface area contributed by atoms with E-state index in [2.05, 4.69) is 22.2 Å². The Kier molecular flexibility index (Phi) is 2.97. The van der Waals surface area contributed by atoms with Gasteiger partial charge in [0.15, 0.2) is 0 Å². The lowest BCUT2D eigenvalue weighted by Gasteiger charge is -2.09. The Morgan fingerprint density at radius 1 is 1.28 bits per heavy atom. The molecule has 92 valence electrons. The number of para-hydroxylation sites is 1. The molecule has 18 heavy (non-hydrogen) atoms. The summed E-state index contributed by atoms with van der Waals surface area (Å²) in [6, 6.07) is 10.1. The monoisotopic (exact) mass is 239 g/mol. The van der Waals surface area contributed by atoms with E-state index < -0.39 is 0 Å². The van der Waals surface area contributed by atoms with E-state index in [9.17, 15) is 0 Å². The maximum absolute atomic E-state index is 4.68. The number of hydrogen-bond acceptors (Lipinski definition) is 3. The third kappa shape index (κ3) is 2.08. The molecule has 1 atom stereocenters. The van der Waals surface area contributed by atoms with Crippen LogP contribution in [0.2, 0.25) is 0 Å². The van der Waals surface area contributed by atoms with Gasteiger partial charge in [-0.25, -0.2) is 9.97 Å². The van der Waals surface area contributed by atoms with Gasteiger partial charge in [0.1, 0.15) is 0 Å². The molecule has 1 aromatic carbocycles. The molecule has 0 spiro atoms. The Morgan fingerprint density at radius 3 is 2.89 bits per heavy atom. The molecular formula is C15H17N3. The van der Waals surface area contributed by atoms with Gasteiger partial charge in [-0.2, -0.15) is 0 Å². The molecule has 0 amide bonds. The summed E-state index contributed by atoms with van der Waals surface area (Å²) >= 11 is 0. The number of hydrogen-bond donors (Lipinski definition) is 1. The van der Waals surface area contributed by atoms with Crippen molar-refractivity contribution in [3.63, 3.8) is 0 Å². The van der Waals surface area contributed by atoms with Crippen LogP contribution in [0.4, 0.5) is 11.6 Å². The van der Waals surface area contributed by atoms with E-state index in [0.29, 0.717) is 11.9 Å². The van der Waals surface area contributed by atoms with E-state index in [1.807, 2.05) is 36.5 Å². The number of aryl methyl sites for hydroxylation is 1. The number of aromatic nitrogens is 2. The standard InChI is InChI=1S/C15H17N3/c1-2-11-8-9-12-10-16-15(18-14(11)12)17-13-6-4-3-5-7-13/h3-7,10-11H,2,8-9H2,1H3,(H,16,17,18). The van der Waals surface area contributed by atoms with E-state index in [0.717, 1.165) is 18.5 Å². The van der Waals surface area contributed by atoms with Gasteiger partial charge in [0.25, 0.3) is 0 Å². The molecule has 0 radical (unpaired) electrons. The molecule has 2 aromatic rings. The highest BCUT2D eigenvalue weighted by Gasteiger charge is 2.23. The molecular weight excluding hydrogens is 222 g/mol. The third-order valence-corrected chi connectivity index (χ3v) is 3.57. The van der Waals surface area contributed by atoms with Gasteiger partial charge in [0.2, 0.25) is 5.95 Å². The summed E-state index contributed by atoms with van der Waals surface area (Å²) in [7, 11) is 0. The zero-order valence-electron chi connectivity index (χ0n) is 10.6. The van der Waals surface area contributed by atoms with E-state index in [1.165, 1.54) is 17.7 Å². The quantitative estimate of drug-likeness (QED) is 0.888. The average molecular weight is 239 g/mol. The van der Waals surface area contributed by atoms with Gasteiger partial charge >= 0.3 is 0 Å². The van der Waals surface area contributed by atoms with Crippen LogP contribution < -0.4 is 5.32 Å². The summed E-state index contributed by atoms with van der Waals surface area (Å²) in [4.78, 5) is 9.07. The number of nitrogens with one attached hydrogen (secondary N) is 1. The second kappa shape index (κ2) is 4.77. The molecule has 0 saturated heterocycles. The predicted molar refractivity (Wildman–Crippen MR) is 73.1 cm³/mol. The van der Waals surface area contributed by atoms with E-state index >= 15 is 0 Å². The van der Waals surface area contributed by atoms with Crippen LogP contribution >= 0.6 is 0 Å². The molecule has 0 fully saturated rings. The topological polar surface area (TPSA) is 37.8 Å². The Balaban J connectivity index is 1.87. The summed E-state index contributed by atoms with van der Waals surface area (Å²) in [5, 5.41) is 3.26. The van der Waals surface area contributed by atoms with Crippen molar-refractivity contribution >= 4 is 11.6 Å². The predicted octanol–water partition coefficient (Wildman–Crippen LogP) is 3.66. The second-order valence-corrected chi connectivity index (χ2v) is 4.74. The van der Waals surface area contributed by atoms with E-state index in [-0.39, 0.29) is 0 Å². The third-order valence-electron chi connectivity index (χ3n) is 3.57. The number of rotatable bonds is 3. The lowest BCUT2D eigenvalue weighted by molar-refractivity contribution is 0.643. The highest BCUT2D eigenvalue weighted by Crippen LogP contribution is 2.34. The summed E-state index contributed by atoms with van der Waals surface area (Å²) < 4.78 is 0. The maximum Gasteiger partial charge on any atom is 0.227 e. The highest BCUT2D eigenvalue weighted by atomic mass is 15.1. The van der Waals surface area contributed by atoms with Gasteiger partial charge in [-0.05, 0) is 37.0 Å². The smallest absolute Gasteiger partial charge is 0.227 e. The lowest BCUT2D eigenvalue weighted by atomic mass is 10.0. The Hall–Kier alpha value is -1.90. The van der Waals surface area contributed by atoms with Crippen molar-refractivity contribution < 1.29 is 0 Å². The first kappa shape index (κ1) is 11.2. The van der Waals surface area contributed by atoms with Crippen molar-refractivity contribution in [2.24, 2.45) is 0 Å². The van der Waals surface area contributed by atoms with Gasteiger partial charge in [0, 0.05) is 17.8 Å². The zero-order chi connectivity index (χ0) is 12.4. The van der Waals surface area contributed by atoms with Crippen LogP contribution in [-0.2, 0) is 6.42 Å². The normalized spacial score (nSPS) is 17.5. The van der Waals surface area contributed by atoms with Crippen molar-refractivity contribution in [1.29, 1.82) is 0 Å². The molecule has 3 rings (SSSR count). The SMILES string of the molecule is CCC1CCc2cnc(Nc3ccccc3)nc21. The minimum Gasteiger partial charge on any atom is -0.324 e. The number of fused-ring (bicyclic) bond motifs is 1. The fourth-order valence-corrected chi connectivity index (χ4v) is 2.54. The number of nitrogens with zero attached hydrogens (tertiary/aromatic N) is 2. The zero-order valence-corrected chi connectivity index (χ0v) is 10.6. The van der Waals surface area contributed by atoms with Crippen molar-refractivity contribution in [2.75, 3.05) is 5.32 Å². The summed E-state index contributed by atoms with van der Waals surface area (Å²) in [6.07, 6.45) is 5.48. The average Bonchev–Trinajstić information content (AvgIpc) is 2.82. The summed E-state index contributed by atoms with van der Waals surface area (Å²) in [5.41, 5.74) is 3.59. The van der Waals surface area contributed by atoms with Crippen molar-refractivity contribution in [1.82, 2.24) is 9.97 Å². The van der Waals surface area contributed by atoms with Crippen LogP contribution in [0.15, 0.2) is 36.5 Å². The Bertz CT molecular complexity index is 537. The van der Waals surface area contributed by atoms with Gasteiger partial charge in [0.05, 0.1) is 5.69 Å². The minimum atomic E-state index is 0.610. The first-order valence-corrected chi connectivity index (χ1v) is 6.54. The minimum absolute atomic E-state index is 0.610. The maximum atomic E-state index is 4.68. The largest absolute Gasteiger partial charge is 0.324 e. The molecule has 1 aliphatic carbocycles. The molecule has 3 heteroatoms. The van der Waals surface area contributed by atoms with Crippen LogP contribution in [0.25, 0.3) is 0 Å². The van der Waals surface area contributed by atoms with E-state index in [4.69, 9.17) is 0 Å². The molecule has 1 N–H and O–H groups in total. The van der Waals surface area contributed by atoms with Crippen molar-refractivity contribution in [3.8, 4) is 0 Å². The molecule has 1 unspecified atom stereocenters. The summed E-state index contributed by atoms with van der Waals surface area (Å²) in [6.45, 7) is 2.23. The molecule has 1 heterocycles. The fourth-order valence-electron chi connectivity index (χ4n) is 2.54. The molecule has 0 aliphatic heterocycles. The van der Waals surface area contributed by atoms with Crippen LogP contribution in [0, 0.1) is 0 Å². The first-order valence-electron chi connectivity index (χ1n) is 6.54. The summed E-state index contributed by atoms with van der Waals surface area (Å²) in [5.74, 6) is 1.32. The van der Waals surface area contributed by atoms with Crippen LogP contribution in [0.3, 0.4) is 0 Å². The first-order chi connectivity index (χ1) is 8.86. The van der Waals surface area contributed by atoms with Gasteiger partial charge in [-0.1, -0.05) is 25.1 Å². The molecule has 0 bridgehead atoms. The number of anilines is 2. The van der Waals surface area contributed by atoms with Crippen LogP contribution in [0.5, 0.6) is 0 Å². The van der Waals surface area contributed by atoms with Crippen molar-refractivity contribution in [2.45, 2.75) is 32.1 Å². The van der Waals surface area contributed by atoms with Crippen LogP contribution in [-0.4, -0.2) is 9.97 Å². The van der Waals surface area contributed by atoms with Gasteiger partial charge in [-0.3, -0.25) is 0 Å². The second-order valence-electron chi connectivity index (χ2n) is 4.74.